The summed E-state index contributed by atoms with van der Waals surface area (Å²) < 4.78 is 81.6. The standard InChI is InChI=1S/C22H16Cl3F6NO/c23-17-8-14(9-18(24)19(17)25)15(21(26,27)28)6-2-11-1-3-13(16(7-11)22(29,30)31)10-32-20(33)12-4-5-12/h1-3,6-9,12,15H,4-5,10H2,(H,32,33). The predicted octanol–water partition coefficient (Wildman–Crippen LogP) is 8.05. The smallest absolute Gasteiger partial charge is 0.352 e. The molecule has 1 fully saturated rings. The molecule has 11 heteroatoms. The second-order valence-electron chi connectivity index (χ2n) is 7.58. The van der Waals surface area contributed by atoms with E-state index >= 15 is 0 Å². The number of halogens is 9. The molecule has 0 aromatic heterocycles. The second kappa shape index (κ2) is 9.76. The van der Waals surface area contributed by atoms with E-state index in [2.05, 4.69) is 5.32 Å². The third-order valence-electron chi connectivity index (χ3n) is 5.04. The van der Waals surface area contributed by atoms with Crippen LogP contribution in [0.15, 0.2) is 36.4 Å². The summed E-state index contributed by atoms with van der Waals surface area (Å²) in [6.45, 7) is -0.332. The molecular weight excluding hydrogens is 515 g/mol. The van der Waals surface area contributed by atoms with Crippen molar-refractivity contribution in [2.45, 2.75) is 37.7 Å². The van der Waals surface area contributed by atoms with Crippen molar-refractivity contribution in [1.29, 1.82) is 0 Å². The van der Waals surface area contributed by atoms with Gasteiger partial charge in [-0.2, -0.15) is 26.3 Å². The molecule has 1 aliphatic rings. The Morgan fingerprint density at radius 2 is 1.64 bits per heavy atom. The Hall–Kier alpha value is -1.90. The number of allylic oxidation sites excluding steroid dienone is 1. The van der Waals surface area contributed by atoms with Gasteiger partial charge in [-0.25, -0.2) is 0 Å². The van der Waals surface area contributed by atoms with Crippen molar-refractivity contribution in [2.75, 3.05) is 0 Å². The number of alkyl halides is 6. The summed E-state index contributed by atoms with van der Waals surface area (Å²) in [5.41, 5.74) is -1.63. The molecular formula is C22H16Cl3F6NO. The van der Waals surface area contributed by atoms with Crippen LogP contribution in [-0.4, -0.2) is 12.1 Å². The number of hydrogen-bond acceptors (Lipinski definition) is 1. The molecule has 1 atom stereocenters. The van der Waals surface area contributed by atoms with Gasteiger partial charge in [-0.1, -0.05) is 59.1 Å². The van der Waals surface area contributed by atoms with E-state index in [1.54, 1.807) is 0 Å². The molecule has 1 saturated carbocycles. The molecule has 0 radical (unpaired) electrons. The lowest BCUT2D eigenvalue weighted by Gasteiger charge is -2.19. The van der Waals surface area contributed by atoms with Crippen molar-refractivity contribution in [1.82, 2.24) is 5.32 Å². The van der Waals surface area contributed by atoms with E-state index in [1.165, 1.54) is 6.07 Å². The fraction of sp³-hybridized carbons (Fsp3) is 0.318. The molecule has 1 aliphatic carbocycles. The summed E-state index contributed by atoms with van der Waals surface area (Å²) in [6, 6.07) is 5.13. The fourth-order valence-electron chi connectivity index (χ4n) is 3.16. The molecule has 2 aromatic carbocycles. The van der Waals surface area contributed by atoms with Gasteiger partial charge in [-0.3, -0.25) is 4.79 Å². The second-order valence-corrected chi connectivity index (χ2v) is 8.78. The molecule has 0 bridgehead atoms. The monoisotopic (exact) mass is 529 g/mol. The number of nitrogens with one attached hydrogen (secondary N) is 1. The van der Waals surface area contributed by atoms with Gasteiger partial charge in [0.05, 0.1) is 26.5 Å². The van der Waals surface area contributed by atoms with Crippen LogP contribution in [0.1, 0.15) is 41.0 Å². The van der Waals surface area contributed by atoms with Crippen molar-refractivity contribution in [2.24, 2.45) is 5.92 Å². The Morgan fingerprint density at radius 3 is 2.15 bits per heavy atom. The highest BCUT2D eigenvalue weighted by atomic mass is 35.5. The number of benzene rings is 2. The highest BCUT2D eigenvalue weighted by molar-refractivity contribution is 6.48. The summed E-state index contributed by atoms with van der Waals surface area (Å²) in [7, 11) is 0. The fourth-order valence-corrected chi connectivity index (χ4v) is 3.77. The van der Waals surface area contributed by atoms with E-state index in [0.29, 0.717) is 12.8 Å². The molecule has 0 spiro atoms. The Balaban J connectivity index is 1.90. The van der Waals surface area contributed by atoms with Crippen LogP contribution < -0.4 is 5.32 Å². The van der Waals surface area contributed by atoms with E-state index in [1.807, 2.05) is 0 Å². The Kier molecular flexibility index (Phi) is 7.61. The maximum atomic E-state index is 13.7. The van der Waals surface area contributed by atoms with Gasteiger partial charge in [0.15, 0.2) is 0 Å². The van der Waals surface area contributed by atoms with Gasteiger partial charge >= 0.3 is 12.4 Å². The summed E-state index contributed by atoms with van der Waals surface area (Å²) in [5.74, 6) is -2.67. The highest BCUT2D eigenvalue weighted by Gasteiger charge is 2.39. The third-order valence-corrected chi connectivity index (χ3v) is 6.24. The number of carbonyl (C=O) groups excluding carboxylic acids is 1. The molecule has 1 N–H and O–H groups in total. The van der Waals surface area contributed by atoms with E-state index in [9.17, 15) is 31.1 Å². The maximum absolute atomic E-state index is 13.7. The predicted molar refractivity (Wildman–Crippen MR) is 115 cm³/mol. The van der Waals surface area contributed by atoms with Crippen molar-refractivity contribution < 1.29 is 31.1 Å². The minimum absolute atomic E-state index is 0.0972. The molecule has 178 valence electrons. The zero-order valence-electron chi connectivity index (χ0n) is 16.6. The van der Waals surface area contributed by atoms with Crippen LogP contribution in [0.4, 0.5) is 26.3 Å². The largest absolute Gasteiger partial charge is 0.416 e. The molecule has 0 saturated heterocycles. The van der Waals surface area contributed by atoms with Gasteiger partial charge in [0, 0.05) is 12.5 Å². The summed E-state index contributed by atoms with van der Waals surface area (Å²) in [6.07, 6.45) is -6.46. The highest BCUT2D eigenvalue weighted by Crippen LogP contribution is 2.41. The zero-order valence-corrected chi connectivity index (χ0v) is 18.9. The molecule has 2 nitrogen and oxygen atoms in total. The van der Waals surface area contributed by atoms with Gasteiger partial charge in [0.25, 0.3) is 0 Å². The average Bonchev–Trinajstić information content (AvgIpc) is 3.54. The molecule has 0 heterocycles. The Morgan fingerprint density at radius 1 is 1.03 bits per heavy atom. The summed E-state index contributed by atoms with van der Waals surface area (Å²) in [5, 5.41) is 1.99. The first-order valence-electron chi connectivity index (χ1n) is 9.64. The van der Waals surface area contributed by atoms with Gasteiger partial charge in [-0.15, -0.1) is 0 Å². The van der Waals surface area contributed by atoms with Crippen LogP contribution in [0.2, 0.25) is 15.1 Å². The number of rotatable bonds is 6. The quantitative estimate of drug-likeness (QED) is 0.297. The van der Waals surface area contributed by atoms with Gasteiger partial charge < -0.3 is 5.32 Å². The third kappa shape index (κ3) is 6.58. The van der Waals surface area contributed by atoms with E-state index in [4.69, 9.17) is 34.8 Å². The summed E-state index contributed by atoms with van der Waals surface area (Å²) in [4.78, 5) is 11.7. The minimum Gasteiger partial charge on any atom is -0.352 e. The van der Waals surface area contributed by atoms with E-state index < -0.39 is 23.8 Å². The van der Waals surface area contributed by atoms with Crippen LogP contribution in [0.25, 0.3) is 6.08 Å². The minimum atomic E-state index is -4.77. The lowest BCUT2D eigenvalue weighted by atomic mass is 9.96. The SMILES string of the molecule is O=C(NCc1ccc(C=CC(c2cc(Cl)c(Cl)c(Cl)c2)C(F)(F)F)cc1C(F)(F)F)C1CC1. The molecule has 3 rings (SSSR count). The van der Waals surface area contributed by atoms with Crippen LogP contribution in [0.5, 0.6) is 0 Å². The van der Waals surface area contributed by atoms with Crippen molar-refractivity contribution in [3.8, 4) is 0 Å². The topological polar surface area (TPSA) is 29.1 Å². The molecule has 1 amide bonds. The normalized spacial score (nSPS) is 15.7. The zero-order chi connectivity index (χ0) is 24.6. The van der Waals surface area contributed by atoms with Crippen molar-refractivity contribution >= 4 is 46.8 Å². The van der Waals surface area contributed by atoms with Crippen LogP contribution in [0, 0.1) is 5.92 Å². The van der Waals surface area contributed by atoms with Crippen molar-refractivity contribution in [3.05, 3.63) is 73.7 Å². The number of amides is 1. The molecule has 0 aliphatic heterocycles. The lowest BCUT2D eigenvalue weighted by Crippen LogP contribution is -2.25. The van der Waals surface area contributed by atoms with Gasteiger partial charge in [-0.05, 0) is 47.7 Å². The first-order valence-corrected chi connectivity index (χ1v) is 10.8. The van der Waals surface area contributed by atoms with Gasteiger partial charge in [0.2, 0.25) is 5.91 Å². The van der Waals surface area contributed by atoms with E-state index in [0.717, 1.165) is 36.4 Å². The maximum Gasteiger partial charge on any atom is 0.416 e. The van der Waals surface area contributed by atoms with Crippen LogP contribution in [-0.2, 0) is 17.5 Å². The van der Waals surface area contributed by atoms with Crippen LogP contribution >= 0.6 is 34.8 Å². The molecule has 1 unspecified atom stereocenters. The lowest BCUT2D eigenvalue weighted by molar-refractivity contribution is -0.140. The Labute approximate surface area is 200 Å². The molecule has 2 aromatic rings. The first kappa shape index (κ1) is 25.7. The summed E-state index contributed by atoms with van der Waals surface area (Å²) >= 11 is 17.4. The first-order chi connectivity index (χ1) is 15.3. The van der Waals surface area contributed by atoms with Gasteiger partial charge in [0.1, 0.15) is 0 Å². The van der Waals surface area contributed by atoms with Crippen LogP contribution in [0.3, 0.4) is 0 Å². The number of hydrogen-bond donors (Lipinski definition) is 1. The van der Waals surface area contributed by atoms with E-state index in [-0.39, 0.29) is 50.1 Å². The molecule has 33 heavy (non-hydrogen) atoms. The Bertz CT molecular complexity index is 1050. The van der Waals surface area contributed by atoms with Crippen molar-refractivity contribution in [3.63, 3.8) is 0 Å². The number of carbonyl (C=O) groups is 1. The average molecular weight is 531 g/mol.